The number of ether oxygens (including phenoxy) is 6. The second-order valence-electron chi connectivity index (χ2n) is 10.4. The fourth-order valence-electron chi connectivity index (χ4n) is 5.54. The van der Waals surface area contributed by atoms with Crippen molar-refractivity contribution in [1.29, 1.82) is 0 Å². The summed E-state index contributed by atoms with van der Waals surface area (Å²) in [7, 11) is 1.53. The Kier molecular flexibility index (Phi) is 10.2. The van der Waals surface area contributed by atoms with Gasteiger partial charge < -0.3 is 38.6 Å². The van der Waals surface area contributed by atoms with Crippen LogP contribution in [-0.2, 0) is 23.7 Å². The van der Waals surface area contributed by atoms with Gasteiger partial charge in [0.2, 0.25) is 0 Å². The predicted molar refractivity (Wildman–Crippen MR) is 151 cm³/mol. The van der Waals surface area contributed by atoms with Gasteiger partial charge >= 0.3 is 5.97 Å². The highest BCUT2D eigenvalue weighted by molar-refractivity contribution is 5.89. The van der Waals surface area contributed by atoms with Crippen LogP contribution in [0.25, 0.3) is 31.3 Å². The Balaban J connectivity index is 1.47. The first kappa shape index (κ1) is 31.8. The lowest BCUT2D eigenvalue weighted by atomic mass is 9.84. The molecule has 18 nitrogen and oxygen atoms in total. The number of esters is 1. The van der Waals surface area contributed by atoms with Crippen LogP contribution in [-0.4, -0.2) is 90.9 Å². The van der Waals surface area contributed by atoms with Crippen molar-refractivity contribution < 1.29 is 43.4 Å². The van der Waals surface area contributed by atoms with Crippen molar-refractivity contribution in [2.24, 2.45) is 15.3 Å². The van der Waals surface area contributed by atoms with E-state index >= 15 is 0 Å². The molecule has 0 aromatic heterocycles. The lowest BCUT2D eigenvalue weighted by molar-refractivity contribution is -0.351. The van der Waals surface area contributed by atoms with E-state index in [4.69, 9.17) is 39.5 Å². The SMILES string of the molecule is COc1ccc(C2OCC3O[C@H](O[C@@H]4C(N=[N+]=[N-])C[C@@H](N=[N+]=[N-])C(O)[C@H]4O)C(N=[N+]=[N-])[C@@H](OC(=O)c4ccccc4)[C@@H]3O2)cc1. The maximum Gasteiger partial charge on any atom is 0.338 e. The molecule has 2 aromatic carbocycles. The van der Waals surface area contributed by atoms with E-state index in [9.17, 15) is 20.5 Å². The summed E-state index contributed by atoms with van der Waals surface area (Å²) < 4.78 is 35.5. The molecule has 0 spiro atoms. The first-order valence-electron chi connectivity index (χ1n) is 13.8. The molecule has 5 unspecified atom stereocenters. The molecule has 18 heteroatoms. The van der Waals surface area contributed by atoms with Crippen LogP contribution in [0.4, 0.5) is 0 Å². The number of carbonyl (C=O) groups excluding carboxylic acids is 1. The van der Waals surface area contributed by atoms with Crippen LogP contribution < -0.4 is 4.74 Å². The smallest absolute Gasteiger partial charge is 0.338 e. The third kappa shape index (κ3) is 6.90. The van der Waals surface area contributed by atoms with Gasteiger partial charge in [0.15, 0.2) is 12.6 Å². The van der Waals surface area contributed by atoms with E-state index in [1.807, 2.05) is 0 Å². The van der Waals surface area contributed by atoms with Crippen molar-refractivity contribution in [1.82, 2.24) is 0 Å². The third-order valence-electron chi connectivity index (χ3n) is 7.77. The number of methoxy groups -OCH3 is 1. The zero-order valence-corrected chi connectivity index (χ0v) is 23.7. The van der Waals surface area contributed by atoms with Crippen molar-refractivity contribution in [3.63, 3.8) is 0 Å². The molecule has 0 amide bonds. The second kappa shape index (κ2) is 14.5. The Morgan fingerprint density at radius 2 is 1.58 bits per heavy atom. The van der Waals surface area contributed by atoms with E-state index in [1.54, 1.807) is 54.6 Å². The molecule has 3 aliphatic rings. The molecule has 11 atom stereocenters. The molecule has 5 rings (SSSR count). The van der Waals surface area contributed by atoms with Crippen LogP contribution in [0.1, 0.15) is 28.6 Å². The highest BCUT2D eigenvalue weighted by atomic mass is 16.8. The fourth-order valence-corrected chi connectivity index (χ4v) is 5.54. The van der Waals surface area contributed by atoms with Crippen LogP contribution in [0.3, 0.4) is 0 Å². The number of rotatable bonds is 9. The molecule has 2 aromatic rings. The average Bonchev–Trinajstić information content (AvgIpc) is 3.07. The Hall–Kier alpha value is -4.60. The summed E-state index contributed by atoms with van der Waals surface area (Å²) in [6, 6.07) is 11.4. The molecule has 0 bridgehead atoms. The van der Waals surface area contributed by atoms with E-state index < -0.39 is 73.3 Å². The largest absolute Gasteiger partial charge is 0.497 e. The fraction of sp³-hybridized carbons (Fsp3) is 0.519. The molecule has 2 saturated heterocycles. The molecule has 0 radical (unpaired) electrons. The number of azide groups is 3. The van der Waals surface area contributed by atoms with E-state index in [0.29, 0.717) is 11.3 Å². The molecule has 45 heavy (non-hydrogen) atoms. The highest BCUT2D eigenvalue weighted by Gasteiger charge is 2.54. The lowest BCUT2D eigenvalue weighted by Crippen LogP contribution is -2.65. The third-order valence-corrected chi connectivity index (χ3v) is 7.77. The van der Waals surface area contributed by atoms with Crippen molar-refractivity contribution in [2.45, 2.75) is 73.8 Å². The Morgan fingerprint density at radius 1 is 0.889 bits per heavy atom. The zero-order valence-electron chi connectivity index (χ0n) is 23.7. The maximum atomic E-state index is 13.3. The second-order valence-corrected chi connectivity index (χ2v) is 10.4. The molecule has 2 aliphatic heterocycles. The number of hydrogen-bond donors (Lipinski definition) is 2. The van der Waals surface area contributed by atoms with Gasteiger partial charge in [0.05, 0.1) is 43.6 Å². The summed E-state index contributed by atoms with van der Waals surface area (Å²) in [4.78, 5) is 21.7. The molecule has 2 heterocycles. The van der Waals surface area contributed by atoms with Gasteiger partial charge in [-0.1, -0.05) is 45.7 Å². The first-order valence-corrected chi connectivity index (χ1v) is 13.8. The van der Waals surface area contributed by atoms with Crippen molar-refractivity contribution in [3.8, 4) is 5.75 Å². The summed E-state index contributed by atoms with van der Waals surface area (Å²) in [6.45, 7) is -0.0713. The molecular weight excluding hydrogens is 594 g/mol. The van der Waals surface area contributed by atoms with Gasteiger partial charge in [-0.2, -0.15) is 0 Å². The first-order chi connectivity index (χ1) is 21.9. The highest BCUT2D eigenvalue weighted by Crippen LogP contribution is 2.39. The number of fused-ring (bicyclic) bond motifs is 1. The van der Waals surface area contributed by atoms with Crippen LogP contribution in [0.2, 0.25) is 0 Å². The van der Waals surface area contributed by atoms with Crippen LogP contribution in [0.5, 0.6) is 5.75 Å². The minimum atomic E-state index is -1.71. The number of hydrogen-bond acceptors (Lipinski definition) is 12. The summed E-state index contributed by atoms with van der Waals surface area (Å²) in [5, 5.41) is 32.5. The van der Waals surface area contributed by atoms with Crippen LogP contribution in [0.15, 0.2) is 69.9 Å². The number of nitrogens with zero attached hydrogens (tertiary/aromatic N) is 9. The van der Waals surface area contributed by atoms with E-state index in [-0.39, 0.29) is 18.6 Å². The summed E-state index contributed by atoms with van der Waals surface area (Å²) >= 11 is 0. The monoisotopic (exact) mass is 623 g/mol. The molecule has 1 saturated carbocycles. The number of benzene rings is 2. The van der Waals surface area contributed by atoms with E-state index in [2.05, 4.69) is 30.1 Å². The van der Waals surface area contributed by atoms with Gasteiger partial charge in [0.1, 0.15) is 36.2 Å². The quantitative estimate of drug-likeness (QED) is 0.179. The Bertz CT molecular complexity index is 1480. The predicted octanol–water partition coefficient (Wildman–Crippen LogP) is 3.61. The molecule has 1 aliphatic carbocycles. The zero-order chi connectivity index (χ0) is 31.9. The topological polar surface area (TPSA) is 259 Å². The summed E-state index contributed by atoms with van der Waals surface area (Å²) in [5.74, 6) is -0.127. The standard InChI is InChI=1S/C27H29N9O9/c1-40-15-9-7-14(8-10-15)26-41-12-18-23(45-26)24(43-25(39)13-5-3-2-4-6-13)19(33-36-30)27(42-18)44-22-17(32-35-29)11-16(31-34-28)20(37)21(22)38/h2-10,16-24,26-27,37-38H,11-12H2,1H3/t16-,17?,18?,19?,20?,21-,22-,23-,24-,26?,27-/m1/s1. The summed E-state index contributed by atoms with van der Waals surface area (Å²) in [6.07, 6.45) is -10.5. The number of aliphatic hydroxyl groups is 2. The Morgan fingerprint density at radius 3 is 2.24 bits per heavy atom. The normalized spacial score (nSPS) is 34.1. The van der Waals surface area contributed by atoms with Crippen LogP contribution >= 0.6 is 0 Å². The van der Waals surface area contributed by atoms with Gasteiger partial charge in [-0.3, -0.25) is 0 Å². The Labute approximate surface area is 255 Å². The molecule has 236 valence electrons. The minimum absolute atomic E-state index is 0.0713. The van der Waals surface area contributed by atoms with Gasteiger partial charge in [0, 0.05) is 20.3 Å². The van der Waals surface area contributed by atoms with Gasteiger partial charge in [0.25, 0.3) is 0 Å². The van der Waals surface area contributed by atoms with Gasteiger partial charge in [-0.05, 0) is 47.3 Å². The van der Waals surface area contributed by atoms with E-state index in [1.165, 1.54) is 7.11 Å². The average molecular weight is 624 g/mol. The molecular formula is C27H29N9O9. The molecule has 2 N–H and O–H groups in total. The maximum absolute atomic E-state index is 13.3. The van der Waals surface area contributed by atoms with Gasteiger partial charge in [-0.25, -0.2) is 4.79 Å². The van der Waals surface area contributed by atoms with Crippen molar-refractivity contribution in [2.75, 3.05) is 13.7 Å². The molecule has 3 fully saturated rings. The van der Waals surface area contributed by atoms with Crippen molar-refractivity contribution >= 4 is 5.97 Å². The number of carbonyl (C=O) groups is 1. The van der Waals surface area contributed by atoms with Crippen LogP contribution in [0, 0.1) is 0 Å². The van der Waals surface area contributed by atoms with E-state index in [0.717, 1.165) is 0 Å². The van der Waals surface area contributed by atoms with Gasteiger partial charge in [-0.15, -0.1) is 0 Å². The lowest BCUT2D eigenvalue weighted by Gasteiger charge is -2.49. The summed E-state index contributed by atoms with van der Waals surface area (Å²) in [5.41, 5.74) is 28.4. The number of aliphatic hydroxyl groups excluding tert-OH is 2. The minimum Gasteiger partial charge on any atom is -0.497 e. The van der Waals surface area contributed by atoms with Crippen molar-refractivity contribution in [3.05, 3.63) is 97.1 Å².